The smallest absolute Gasteiger partial charge is 0.288 e. The number of aliphatic hydroxyl groups excluding tert-OH is 1. The van der Waals surface area contributed by atoms with Crippen LogP contribution in [0.4, 0.5) is 0 Å². The molecule has 9 nitrogen and oxygen atoms in total. The highest BCUT2D eigenvalue weighted by atomic mass is 32.2. The second-order valence-electron chi connectivity index (χ2n) is 10.6. The lowest BCUT2D eigenvalue weighted by atomic mass is 9.91. The quantitative estimate of drug-likeness (QED) is 0.371. The molecule has 0 bridgehead atoms. The Hall–Kier alpha value is -3.36. The molecular formula is C32H40N2O7S. The third-order valence-electron chi connectivity index (χ3n) is 7.91. The van der Waals surface area contributed by atoms with Crippen molar-refractivity contribution < 1.29 is 32.5 Å². The van der Waals surface area contributed by atoms with E-state index < -0.39 is 16.3 Å². The molecule has 42 heavy (non-hydrogen) atoms. The van der Waals surface area contributed by atoms with Gasteiger partial charge in [0.05, 0.1) is 25.2 Å². The Balaban J connectivity index is 1.48. The van der Waals surface area contributed by atoms with E-state index in [2.05, 4.69) is 5.92 Å². The number of hydrogen-bond donors (Lipinski definition) is 1. The molecule has 1 heterocycles. The number of carbonyl (C=O) groups excluding carboxylic acids is 1. The largest absolute Gasteiger partial charge is 0.497 e. The molecule has 2 aliphatic rings. The minimum absolute atomic E-state index is 0.00272. The summed E-state index contributed by atoms with van der Waals surface area (Å²) in [5.74, 6) is 3.03. The molecule has 4 rings (SSSR count). The monoisotopic (exact) mass is 596 g/mol. The highest BCUT2D eigenvalue weighted by Crippen LogP contribution is 2.33. The second-order valence-corrected chi connectivity index (χ2v) is 12.5. The van der Waals surface area contributed by atoms with Gasteiger partial charge in [-0.1, -0.05) is 37.3 Å². The van der Waals surface area contributed by atoms with E-state index in [1.165, 1.54) is 30.0 Å². The van der Waals surface area contributed by atoms with Crippen molar-refractivity contribution in [2.24, 2.45) is 0 Å². The second kappa shape index (κ2) is 14.7. The van der Waals surface area contributed by atoms with Crippen LogP contribution in [0, 0.1) is 12.3 Å². The van der Waals surface area contributed by atoms with Crippen LogP contribution in [0.25, 0.3) is 0 Å². The number of allylic oxidation sites excluding steroid dienone is 1. The van der Waals surface area contributed by atoms with E-state index in [9.17, 15) is 18.3 Å². The SMILES string of the molecule is C#Cc1ccc([C@@H]2C=C(C(=O)N(C)C3CCCCC3)O[C@H](OCCN(CCO)S(=O)(=O)c3ccc(OC)cc3)C2)cc1. The zero-order chi connectivity index (χ0) is 30.1. The molecular weight excluding hydrogens is 556 g/mol. The van der Waals surface area contributed by atoms with Crippen molar-refractivity contribution in [3.63, 3.8) is 0 Å². The van der Waals surface area contributed by atoms with Crippen molar-refractivity contribution in [1.29, 1.82) is 0 Å². The van der Waals surface area contributed by atoms with E-state index >= 15 is 0 Å². The average Bonchev–Trinajstić information content (AvgIpc) is 3.04. The zero-order valence-corrected chi connectivity index (χ0v) is 25.1. The van der Waals surface area contributed by atoms with Gasteiger partial charge in [0.25, 0.3) is 5.91 Å². The van der Waals surface area contributed by atoms with Gasteiger partial charge in [-0.15, -0.1) is 6.42 Å². The molecule has 0 aromatic heterocycles. The number of likely N-dealkylation sites (N-methyl/N-ethyl adjacent to an activating group) is 1. The first-order valence-electron chi connectivity index (χ1n) is 14.4. The Bertz CT molecular complexity index is 1360. The van der Waals surface area contributed by atoms with Gasteiger partial charge in [-0.3, -0.25) is 4.79 Å². The number of carbonyl (C=O) groups is 1. The summed E-state index contributed by atoms with van der Waals surface area (Å²) in [6.07, 6.45) is 12.4. The average molecular weight is 597 g/mol. The summed E-state index contributed by atoms with van der Waals surface area (Å²) in [4.78, 5) is 15.4. The fourth-order valence-corrected chi connectivity index (χ4v) is 6.84. The van der Waals surface area contributed by atoms with E-state index in [1.807, 2.05) is 37.4 Å². The lowest BCUT2D eigenvalue weighted by Crippen LogP contribution is -2.41. The predicted molar refractivity (Wildman–Crippen MR) is 159 cm³/mol. The minimum atomic E-state index is -3.89. The summed E-state index contributed by atoms with van der Waals surface area (Å²) >= 11 is 0. The summed E-state index contributed by atoms with van der Waals surface area (Å²) in [5, 5.41) is 9.58. The van der Waals surface area contributed by atoms with Gasteiger partial charge < -0.3 is 24.2 Å². The van der Waals surface area contributed by atoms with Crippen molar-refractivity contribution in [3.05, 3.63) is 71.5 Å². The summed E-state index contributed by atoms with van der Waals surface area (Å²) < 4.78 is 45.0. The van der Waals surface area contributed by atoms with Gasteiger partial charge in [0.2, 0.25) is 16.3 Å². The lowest BCUT2D eigenvalue weighted by Gasteiger charge is -2.35. The number of methoxy groups -OCH3 is 1. The van der Waals surface area contributed by atoms with Crippen LogP contribution in [0.15, 0.2) is 65.3 Å². The van der Waals surface area contributed by atoms with Gasteiger partial charge in [0, 0.05) is 44.1 Å². The van der Waals surface area contributed by atoms with Gasteiger partial charge >= 0.3 is 0 Å². The molecule has 0 spiro atoms. The van der Waals surface area contributed by atoms with E-state index in [1.54, 1.807) is 17.0 Å². The van der Waals surface area contributed by atoms with Crippen molar-refractivity contribution in [1.82, 2.24) is 9.21 Å². The molecule has 1 aliphatic carbocycles. The fourth-order valence-electron chi connectivity index (χ4n) is 5.42. The summed E-state index contributed by atoms with van der Waals surface area (Å²) in [5.41, 5.74) is 1.73. The Kier molecular flexibility index (Phi) is 11.0. The van der Waals surface area contributed by atoms with Crippen LogP contribution in [0.3, 0.4) is 0 Å². The van der Waals surface area contributed by atoms with Gasteiger partial charge in [-0.05, 0) is 60.9 Å². The van der Waals surface area contributed by atoms with Crippen LogP contribution in [0.2, 0.25) is 0 Å². The highest BCUT2D eigenvalue weighted by molar-refractivity contribution is 7.89. The molecule has 2 aromatic rings. The van der Waals surface area contributed by atoms with Crippen molar-refractivity contribution >= 4 is 15.9 Å². The van der Waals surface area contributed by atoms with Crippen LogP contribution in [0.5, 0.6) is 5.75 Å². The Morgan fingerprint density at radius 1 is 1.07 bits per heavy atom. The van der Waals surface area contributed by atoms with E-state index in [0.717, 1.165) is 36.8 Å². The van der Waals surface area contributed by atoms with Crippen LogP contribution in [-0.2, 0) is 24.3 Å². The lowest BCUT2D eigenvalue weighted by molar-refractivity contribution is -0.153. The highest BCUT2D eigenvalue weighted by Gasteiger charge is 2.33. The number of benzene rings is 2. The Morgan fingerprint density at radius 3 is 2.38 bits per heavy atom. The molecule has 0 radical (unpaired) electrons. The normalized spacial score (nSPS) is 19.5. The van der Waals surface area contributed by atoms with E-state index in [4.69, 9.17) is 20.6 Å². The first-order valence-corrected chi connectivity index (χ1v) is 15.8. The molecule has 1 N–H and O–H groups in total. The molecule has 2 atom stereocenters. The van der Waals surface area contributed by atoms with Crippen molar-refractivity contribution in [2.75, 3.05) is 40.5 Å². The first kappa shape index (κ1) is 31.6. The predicted octanol–water partition coefficient (Wildman–Crippen LogP) is 3.88. The van der Waals surface area contributed by atoms with Crippen molar-refractivity contribution in [3.8, 4) is 18.1 Å². The van der Waals surface area contributed by atoms with Crippen LogP contribution < -0.4 is 4.74 Å². The number of nitrogens with zero attached hydrogens (tertiary/aromatic N) is 2. The van der Waals surface area contributed by atoms with E-state index in [0.29, 0.717) is 12.2 Å². The third kappa shape index (κ3) is 7.72. The van der Waals surface area contributed by atoms with Crippen LogP contribution in [-0.4, -0.2) is 81.4 Å². The number of amides is 1. The summed E-state index contributed by atoms with van der Waals surface area (Å²) in [6.45, 7) is -0.447. The molecule has 1 amide bonds. The van der Waals surface area contributed by atoms with Gasteiger partial charge in [0.15, 0.2) is 5.76 Å². The van der Waals surface area contributed by atoms with Crippen LogP contribution in [0.1, 0.15) is 55.6 Å². The topological polar surface area (TPSA) is 106 Å². The maximum Gasteiger partial charge on any atom is 0.288 e. The number of terminal acetylenes is 1. The van der Waals surface area contributed by atoms with Gasteiger partial charge in [-0.25, -0.2) is 8.42 Å². The summed E-state index contributed by atoms with van der Waals surface area (Å²) in [6, 6.07) is 13.8. The molecule has 0 unspecified atom stereocenters. The number of sulfonamides is 1. The zero-order valence-electron chi connectivity index (χ0n) is 24.3. The van der Waals surface area contributed by atoms with E-state index in [-0.39, 0.29) is 54.8 Å². The number of ether oxygens (including phenoxy) is 3. The van der Waals surface area contributed by atoms with Crippen LogP contribution >= 0.6 is 0 Å². The van der Waals surface area contributed by atoms with Gasteiger partial charge in [0.1, 0.15) is 5.75 Å². The molecule has 10 heteroatoms. The summed E-state index contributed by atoms with van der Waals surface area (Å²) in [7, 11) is -0.566. The maximum atomic E-state index is 13.5. The van der Waals surface area contributed by atoms with Gasteiger partial charge in [-0.2, -0.15) is 4.31 Å². The molecule has 1 fully saturated rings. The number of aliphatic hydroxyl groups is 1. The minimum Gasteiger partial charge on any atom is -0.497 e. The maximum absolute atomic E-state index is 13.5. The number of hydrogen-bond acceptors (Lipinski definition) is 7. The molecule has 226 valence electrons. The molecule has 1 saturated carbocycles. The standard InChI is InChI=1S/C32H40N2O7S/c1-4-24-10-12-25(13-11-24)26-22-30(32(36)33(2)27-8-6-5-7-9-27)41-31(23-26)40-21-19-34(18-20-35)42(37,38)29-16-14-28(39-3)15-17-29/h1,10-17,22,26-27,31,35H,5-9,18-21,23H2,2-3H3/t26-,31+/m1/s1. The Labute approximate surface area is 249 Å². The number of rotatable bonds is 12. The first-order chi connectivity index (χ1) is 20.3. The molecule has 0 saturated heterocycles. The molecule has 2 aromatic carbocycles. The third-order valence-corrected chi connectivity index (χ3v) is 9.82. The molecule has 1 aliphatic heterocycles. The Morgan fingerprint density at radius 2 is 1.76 bits per heavy atom. The fraction of sp³-hybridized carbons (Fsp3) is 0.469. The van der Waals surface area contributed by atoms with Crippen molar-refractivity contribution in [2.45, 2.75) is 61.7 Å².